The first-order valence-corrected chi connectivity index (χ1v) is 12.5. The third-order valence-corrected chi connectivity index (χ3v) is 7.29. The average molecular weight is 541 g/mol. The van der Waals surface area contributed by atoms with Gasteiger partial charge in [0.1, 0.15) is 5.82 Å². The van der Waals surface area contributed by atoms with Crippen molar-refractivity contribution in [2.24, 2.45) is 0 Å². The molecule has 3 aromatic rings. The van der Waals surface area contributed by atoms with Gasteiger partial charge in [-0.3, -0.25) is 4.90 Å². The fourth-order valence-electron chi connectivity index (χ4n) is 4.51. The van der Waals surface area contributed by atoms with E-state index in [-0.39, 0.29) is 5.41 Å². The highest BCUT2D eigenvalue weighted by molar-refractivity contribution is 6.35. The lowest BCUT2D eigenvalue weighted by atomic mass is 9.95. The molecule has 0 amide bonds. The van der Waals surface area contributed by atoms with Gasteiger partial charge in [-0.15, -0.1) is 0 Å². The second-order valence-corrected chi connectivity index (χ2v) is 9.97. The van der Waals surface area contributed by atoms with Crippen LogP contribution in [-0.2, 0) is 18.1 Å². The van der Waals surface area contributed by atoms with Crippen LogP contribution >= 0.6 is 23.2 Å². The lowest BCUT2D eigenvalue weighted by molar-refractivity contribution is -0.137. The van der Waals surface area contributed by atoms with Crippen LogP contribution in [0.15, 0.2) is 41.1 Å². The highest BCUT2D eigenvalue weighted by Crippen LogP contribution is 2.54. The quantitative estimate of drug-likeness (QED) is 0.412. The standard InChI is InChI=1S/C24H25Cl2F3N6O/c25-17-2-3-18(19(26)13-17)23(5-6-23)22-32-21(36-33-22)15-30-7-8-34-9-11-35(12-10-34)20-4-1-16(14-31-20)24(27,28)29/h1-4,13-14,30H,5-12,15H2. The Labute approximate surface area is 216 Å². The number of pyridine rings is 1. The number of nitrogens with zero attached hydrogens (tertiary/aromatic N) is 5. The lowest BCUT2D eigenvalue weighted by Gasteiger charge is -2.35. The average Bonchev–Trinajstić information content (AvgIpc) is 3.51. The van der Waals surface area contributed by atoms with E-state index in [1.54, 1.807) is 6.07 Å². The monoisotopic (exact) mass is 540 g/mol. The van der Waals surface area contributed by atoms with Crippen molar-refractivity contribution in [3.8, 4) is 0 Å². The lowest BCUT2D eigenvalue weighted by Crippen LogP contribution is -2.48. The first-order chi connectivity index (χ1) is 17.2. The minimum atomic E-state index is -4.37. The van der Waals surface area contributed by atoms with E-state index in [4.69, 9.17) is 27.7 Å². The molecule has 2 aromatic heterocycles. The molecular weight excluding hydrogens is 516 g/mol. The van der Waals surface area contributed by atoms with Crippen molar-refractivity contribution in [2.75, 3.05) is 44.2 Å². The van der Waals surface area contributed by atoms with Crippen LogP contribution in [-0.4, -0.2) is 59.3 Å². The van der Waals surface area contributed by atoms with Gasteiger partial charge in [0.25, 0.3) is 0 Å². The number of rotatable bonds is 8. The van der Waals surface area contributed by atoms with E-state index < -0.39 is 11.7 Å². The molecular formula is C24H25Cl2F3N6O. The summed E-state index contributed by atoms with van der Waals surface area (Å²) < 4.78 is 43.7. The number of aromatic nitrogens is 3. The Kier molecular flexibility index (Phi) is 7.13. The maximum Gasteiger partial charge on any atom is 0.417 e. The van der Waals surface area contributed by atoms with E-state index in [0.29, 0.717) is 47.2 Å². The fraction of sp³-hybridized carbons (Fsp3) is 0.458. The SMILES string of the molecule is FC(F)(F)c1ccc(N2CCN(CCNCc3nc(C4(c5ccc(Cl)cc5Cl)CC4)no3)CC2)nc1. The highest BCUT2D eigenvalue weighted by atomic mass is 35.5. The van der Waals surface area contributed by atoms with Crippen molar-refractivity contribution in [1.29, 1.82) is 0 Å². The topological polar surface area (TPSA) is 70.3 Å². The van der Waals surface area contributed by atoms with Crippen LogP contribution < -0.4 is 10.2 Å². The number of benzene rings is 1. The molecule has 1 N–H and O–H groups in total. The number of piperazine rings is 1. The maximum absolute atomic E-state index is 12.7. The molecule has 1 aliphatic carbocycles. The zero-order valence-corrected chi connectivity index (χ0v) is 20.9. The Bertz CT molecular complexity index is 1190. The van der Waals surface area contributed by atoms with Crippen molar-refractivity contribution >= 4 is 29.0 Å². The molecule has 1 aromatic carbocycles. The summed E-state index contributed by atoms with van der Waals surface area (Å²) >= 11 is 12.5. The summed E-state index contributed by atoms with van der Waals surface area (Å²) in [6.45, 7) is 5.07. The second kappa shape index (κ2) is 10.2. The summed E-state index contributed by atoms with van der Waals surface area (Å²) in [5.74, 6) is 1.75. The summed E-state index contributed by atoms with van der Waals surface area (Å²) in [5.41, 5.74) is -0.0599. The molecule has 0 unspecified atom stereocenters. The van der Waals surface area contributed by atoms with Gasteiger partial charge in [-0.1, -0.05) is 34.4 Å². The maximum atomic E-state index is 12.7. The van der Waals surface area contributed by atoms with Gasteiger partial charge in [-0.2, -0.15) is 18.2 Å². The molecule has 3 heterocycles. The third-order valence-electron chi connectivity index (χ3n) is 6.75. The molecule has 5 rings (SSSR count). The Balaban J connectivity index is 1.06. The normalized spacial score (nSPS) is 18.0. The van der Waals surface area contributed by atoms with E-state index in [0.717, 1.165) is 56.8 Å². The second-order valence-electron chi connectivity index (χ2n) is 9.13. The Morgan fingerprint density at radius 3 is 2.47 bits per heavy atom. The first kappa shape index (κ1) is 25.3. The van der Waals surface area contributed by atoms with E-state index >= 15 is 0 Å². The summed E-state index contributed by atoms with van der Waals surface area (Å²) in [6.07, 6.45) is -1.66. The third kappa shape index (κ3) is 5.46. The fourth-order valence-corrected chi connectivity index (χ4v) is 5.10. The van der Waals surface area contributed by atoms with Gasteiger partial charge in [0, 0.05) is 55.5 Å². The molecule has 0 atom stereocenters. The molecule has 2 fully saturated rings. The van der Waals surface area contributed by atoms with Crippen molar-refractivity contribution in [1.82, 2.24) is 25.3 Å². The molecule has 192 valence electrons. The zero-order valence-electron chi connectivity index (χ0n) is 19.4. The van der Waals surface area contributed by atoms with Crippen LogP contribution in [0.4, 0.5) is 19.0 Å². The van der Waals surface area contributed by atoms with Crippen LogP contribution in [0.3, 0.4) is 0 Å². The van der Waals surface area contributed by atoms with Crippen molar-refractivity contribution < 1.29 is 17.7 Å². The first-order valence-electron chi connectivity index (χ1n) is 11.7. The van der Waals surface area contributed by atoms with Crippen molar-refractivity contribution in [2.45, 2.75) is 31.0 Å². The Hall–Kier alpha value is -2.40. The summed E-state index contributed by atoms with van der Waals surface area (Å²) in [6, 6.07) is 8.01. The van der Waals surface area contributed by atoms with Gasteiger partial charge in [-0.25, -0.2) is 4.98 Å². The number of alkyl halides is 3. The Morgan fingerprint density at radius 2 is 1.83 bits per heavy atom. The van der Waals surface area contributed by atoms with Crippen molar-refractivity contribution in [3.05, 3.63) is 69.4 Å². The molecule has 7 nitrogen and oxygen atoms in total. The van der Waals surface area contributed by atoms with Gasteiger partial charge >= 0.3 is 6.18 Å². The summed E-state index contributed by atoms with van der Waals surface area (Å²) in [4.78, 5) is 12.9. The minimum absolute atomic E-state index is 0.301. The molecule has 0 spiro atoms. The van der Waals surface area contributed by atoms with Crippen LogP contribution in [0.2, 0.25) is 10.0 Å². The molecule has 0 bridgehead atoms. The number of nitrogens with one attached hydrogen (secondary N) is 1. The van der Waals surface area contributed by atoms with Gasteiger partial charge in [-0.05, 0) is 42.7 Å². The highest BCUT2D eigenvalue weighted by Gasteiger charge is 2.51. The number of halogens is 5. The predicted molar refractivity (Wildman–Crippen MR) is 130 cm³/mol. The molecule has 2 aliphatic rings. The smallest absolute Gasteiger partial charge is 0.354 e. The molecule has 0 radical (unpaired) electrons. The summed E-state index contributed by atoms with van der Waals surface area (Å²) in [7, 11) is 0. The molecule has 1 aliphatic heterocycles. The Morgan fingerprint density at radius 1 is 1.06 bits per heavy atom. The van der Waals surface area contributed by atoms with E-state index in [1.165, 1.54) is 6.07 Å². The van der Waals surface area contributed by atoms with Crippen molar-refractivity contribution in [3.63, 3.8) is 0 Å². The predicted octanol–water partition coefficient (Wildman–Crippen LogP) is 4.78. The van der Waals surface area contributed by atoms with E-state index in [9.17, 15) is 13.2 Å². The molecule has 36 heavy (non-hydrogen) atoms. The molecule has 12 heteroatoms. The van der Waals surface area contributed by atoms with Gasteiger partial charge in [0.05, 0.1) is 17.5 Å². The van der Waals surface area contributed by atoms with Gasteiger partial charge in [0.2, 0.25) is 5.89 Å². The van der Waals surface area contributed by atoms with Crippen LogP contribution in [0.5, 0.6) is 0 Å². The van der Waals surface area contributed by atoms with Crippen LogP contribution in [0.1, 0.15) is 35.7 Å². The van der Waals surface area contributed by atoms with Gasteiger partial charge in [0.15, 0.2) is 5.82 Å². The van der Waals surface area contributed by atoms with Crippen LogP contribution in [0, 0.1) is 0 Å². The molecule has 1 saturated carbocycles. The number of hydrogen-bond donors (Lipinski definition) is 1. The minimum Gasteiger partial charge on any atom is -0.354 e. The van der Waals surface area contributed by atoms with Crippen LogP contribution in [0.25, 0.3) is 0 Å². The number of anilines is 1. The molecule has 1 saturated heterocycles. The van der Waals surface area contributed by atoms with E-state index in [2.05, 4.69) is 25.3 Å². The van der Waals surface area contributed by atoms with Gasteiger partial charge < -0.3 is 14.7 Å². The zero-order chi connectivity index (χ0) is 25.3. The van der Waals surface area contributed by atoms with E-state index in [1.807, 2.05) is 17.0 Å². The largest absolute Gasteiger partial charge is 0.417 e. The number of hydrogen-bond acceptors (Lipinski definition) is 7. The summed E-state index contributed by atoms with van der Waals surface area (Å²) in [5, 5.41) is 8.76.